The fourth-order valence-corrected chi connectivity index (χ4v) is 2.39. The number of nitrogens with one attached hydrogen (secondary N) is 1. The molecule has 1 aliphatic carbocycles. The summed E-state index contributed by atoms with van der Waals surface area (Å²) in [6, 6.07) is 8.98. The normalized spacial score (nSPS) is 15.6. The lowest BCUT2D eigenvalue weighted by atomic mass is 9.95. The number of carbonyl (C=O) groups excluding carboxylic acids is 1. The summed E-state index contributed by atoms with van der Waals surface area (Å²) in [5, 5.41) is 2.31. The molecule has 0 aliphatic heterocycles. The van der Waals surface area contributed by atoms with E-state index in [1.54, 1.807) is 0 Å². The van der Waals surface area contributed by atoms with Crippen LogP contribution in [0, 0.1) is 17.5 Å². The number of anilines is 1. The van der Waals surface area contributed by atoms with Crippen LogP contribution in [0.4, 0.5) is 18.9 Å². The average molecular weight is 291 g/mol. The zero-order valence-electron chi connectivity index (χ0n) is 11.0. The smallest absolute Gasteiger partial charge is 0.235 e. The number of amides is 1. The maximum Gasteiger partial charge on any atom is 0.235 e. The quantitative estimate of drug-likeness (QED) is 0.916. The number of para-hydroxylation sites is 1. The lowest BCUT2D eigenvalue weighted by Crippen LogP contribution is -2.28. The van der Waals surface area contributed by atoms with Crippen LogP contribution in [0.15, 0.2) is 42.5 Å². The van der Waals surface area contributed by atoms with Gasteiger partial charge in [0.2, 0.25) is 5.91 Å². The molecule has 5 heteroatoms. The summed E-state index contributed by atoms with van der Waals surface area (Å²) in [4.78, 5) is 12.3. The summed E-state index contributed by atoms with van der Waals surface area (Å²) in [5.41, 5.74) is -0.614. The molecule has 0 unspecified atom stereocenters. The van der Waals surface area contributed by atoms with Crippen LogP contribution in [0.1, 0.15) is 18.4 Å². The molecule has 2 nitrogen and oxygen atoms in total. The van der Waals surface area contributed by atoms with E-state index < -0.39 is 34.5 Å². The lowest BCUT2D eigenvalue weighted by molar-refractivity contribution is -0.118. The number of hydrogen-bond donors (Lipinski definition) is 1. The topological polar surface area (TPSA) is 29.1 Å². The van der Waals surface area contributed by atoms with Gasteiger partial charge in [0.25, 0.3) is 0 Å². The van der Waals surface area contributed by atoms with Crippen LogP contribution < -0.4 is 5.32 Å². The van der Waals surface area contributed by atoms with E-state index in [0.29, 0.717) is 18.4 Å². The molecule has 3 rings (SSSR count). The number of halogens is 3. The van der Waals surface area contributed by atoms with E-state index in [1.165, 1.54) is 30.3 Å². The van der Waals surface area contributed by atoms with Crippen molar-refractivity contribution in [2.24, 2.45) is 0 Å². The van der Waals surface area contributed by atoms with Crippen LogP contribution in [0.2, 0.25) is 0 Å². The Labute approximate surface area is 119 Å². The number of carbonyl (C=O) groups is 1. The molecule has 0 aromatic heterocycles. The minimum Gasteiger partial charge on any atom is -0.320 e. The molecule has 1 amide bonds. The first-order chi connectivity index (χ1) is 10.0. The third kappa shape index (κ3) is 2.39. The molecule has 108 valence electrons. The standard InChI is InChI=1S/C16H12F3NO/c17-11-6-4-10(5-7-11)16(8-9-16)15(21)20-14-12(18)2-1-3-13(14)19/h1-7H,8-9H2,(H,20,21). The van der Waals surface area contributed by atoms with Gasteiger partial charge in [0.1, 0.15) is 23.1 Å². The molecule has 0 radical (unpaired) electrons. The monoisotopic (exact) mass is 291 g/mol. The van der Waals surface area contributed by atoms with E-state index >= 15 is 0 Å². The summed E-state index contributed by atoms with van der Waals surface area (Å²) >= 11 is 0. The highest BCUT2D eigenvalue weighted by atomic mass is 19.1. The Hall–Kier alpha value is -2.30. The second-order valence-corrected chi connectivity index (χ2v) is 5.14. The van der Waals surface area contributed by atoms with E-state index in [9.17, 15) is 18.0 Å². The Morgan fingerprint density at radius 1 is 0.952 bits per heavy atom. The molecule has 0 heterocycles. The highest BCUT2D eigenvalue weighted by Crippen LogP contribution is 2.49. The first-order valence-corrected chi connectivity index (χ1v) is 6.54. The van der Waals surface area contributed by atoms with Gasteiger partial charge in [0.15, 0.2) is 0 Å². The molecule has 1 saturated carbocycles. The second-order valence-electron chi connectivity index (χ2n) is 5.14. The van der Waals surface area contributed by atoms with E-state index in [0.717, 1.165) is 12.1 Å². The van der Waals surface area contributed by atoms with E-state index in [1.807, 2.05) is 0 Å². The first-order valence-electron chi connectivity index (χ1n) is 6.54. The Bertz CT molecular complexity index is 673. The molecule has 1 N–H and O–H groups in total. The first kappa shape index (κ1) is 13.7. The summed E-state index contributed by atoms with van der Waals surface area (Å²) in [6.45, 7) is 0. The number of hydrogen-bond acceptors (Lipinski definition) is 1. The fraction of sp³-hybridized carbons (Fsp3) is 0.188. The maximum absolute atomic E-state index is 13.6. The van der Waals surface area contributed by atoms with Crippen LogP contribution in [0.3, 0.4) is 0 Å². The van der Waals surface area contributed by atoms with Crippen molar-refractivity contribution in [3.63, 3.8) is 0 Å². The van der Waals surface area contributed by atoms with Gasteiger partial charge in [0.05, 0.1) is 5.41 Å². The molecule has 2 aromatic rings. The van der Waals surface area contributed by atoms with Crippen molar-refractivity contribution in [3.05, 3.63) is 65.5 Å². The highest BCUT2D eigenvalue weighted by molar-refractivity contribution is 6.01. The zero-order chi connectivity index (χ0) is 15.0. The van der Waals surface area contributed by atoms with E-state index in [2.05, 4.69) is 5.32 Å². The van der Waals surface area contributed by atoms with Crippen LogP contribution in [0.25, 0.3) is 0 Å². The van der Waals surface area contributed by atoms with Crippen molar-refractivity contribution in [1.29, 1.82) is 0 Å². The van der Waals surface area contributed by atoms with Crippen molar-refractivity contribution >= 4 is 11.6 Å². The number of benzene rings is 2. The molecule has 2 aromatic carbocycles. The van der Waals surface area contributed by atoms with Crippen LogP contribution in [0.5, 0.6) is 0 Å². The van der Waals surface area contributed by atoms with Gasteiger partial charge in [-0.15, -0.1) is 0 Å². The molecule has 0 atom stereocenters. The molecular weight excluding hydrogens is 279 g/mol. The van der Waals surface area contributed by atoms with E-state index in [4.69, 9.17) is 0 Å². The van der Waals surface area contributed by atoms with Gasteiger partial charge >= 0.3 is 0 Å². The summed E-state index contributed by atoms with van der Waals surface area (Å²) < 4.78 is 40.1. The lowest BCUT2D eigenvalue weighted by Gasteiger charge is -2.16. The fourth-order valence-electron chi connectivity index (χ4n) is 2.39. The largest absolute Gasteiger partial charge is 0.320 e. The molecule has 0 spiro atoms. The molecular formula is C16H12F3NO. The Kier molecular flexibility index (Phi) is 3.20. The van der Waals surface area contributed by atoms with Crippen LogP contribution in [-0.2, 0) is 10.2 Å². The Morgan fingerprint density at radius 2 is 1.52 bits per heavy atom. The summed E-state index contributed by atoms with van der Waals surface area (Å²) in [7, 11) is 0. The molecule has 0 bridgehead atoms. The van der Waals surface area contributed by atoms with Crippen molar-refractivity contribution in [1.82, 2.24) is 0 Å². The van der Waals surface area contributed by atoms with Crippen LogP contribution in [-0.4, -0.2) is 5.91 Å². The third-order valence-corrected chi connectivity index (χ3v) is 3.78. The average Bonchev–Trinajstić information content (AvgIpc) is 3.25. The predicted octanol–water partition coefficient (Wildman–Crippen LogP) is 3.77. The van der Waals surface area contributed by atoms with Gasteiger partial charge in [-0.05, 0) is 42.7 Å². The molecule has 0 saturated heterocycles. The van der Waals surface area contributed by atoms with Crippen molar-refractivity contribution in [2.75, 3.05) is 5.32 Å². The minimum atomic E-state index is -0.821. The van der Waals surface area contributed by atoms with Crippen molar-refractivity contribution < 1.29 is 18.0 Å². The van der Waals surface area contributed by atoms with Gasteiger partial charge in [0, 0.05) is 0 Å². The maximum atomic E-state index is 13.6. The molecule has 21 heavy (non-hydrogen) atoms. The zero-order valence-corrected chi connectivity index (χ0v) is 11.0. The van der Waals surface area contributed by atoms with Gasteiger partial charge < -0.3 is 5.32 Å². The van der Waals surface area contributed by atoms with Crippen molar-refractivity contribution in [3.8, 4) is 0 Å². The number of rotatable bonds is 3. The van der Waals surface area contributed by atoms with Crippen LogP contribution >= 0.6 is 0 Å². The molecule has 1 aliphatic rings. The summed E-state index contributed by atoms with van der Waals surface area (Å²) in [5.74, 6) is -2.51. The third-order valence-electron chi connectivity index (χ3n) is 3.78. The minimum absolute atomic E-state index is 0.393. The van der Waals surface area contributed by atoms with Gasteiger partial charge in [-0.2, -0.15) is 0 Å². The summed E-state index contributed by atoms with van der Waals surface area (Å²) in [6.07, 6.45) is 1.14. The Balaban J connectivity index is 1.87. The van der Waals surface area contributed by atoms with Crippen molar-refractivity contribution in [2.45, 2.75) is 18.3 Å². The second kappa shape index (κ2) is 4.91. The molecule has 1 fully saturated rings. The van der Waals surface area contributed by atoms with Gasteiger partial charge in [-0.1, -0.05) is 18.2 Å². The Morgan fingerprint density at radius 3 is 2.05 bits per heavy atom. The van der Waals surface area contributed by atoms with Gasteiger partial charge in [-0.3, -0.25) is 4.79 Å². The van der Waals surface area contributed by atoms with Gasteiger partial charge in [-0.25, -0.2) is 13.2 Å². The highest BCUT2D eigenvalue weighted by Gasteiger charge is 2.51. The van der Waals surface area contributed by atoms with E-state index in [-0.39, 0.29) is 0 Å². The predicted molar refractivity (Wildman–Crippen MR) is 72.3 cm³/mol. The SMILES string of the molecule is O=C(Nc1c(F)cccc1F)C1(c2ccc(F)cc2)CC1.